The average molecular weight is 527 g/mol. The van der Waals surface area contributed by atoms with Gasteiger partial charge in [0.2, 0.25) is 5.88 Å². The molecule has 0 saturated carbocycles. The van der Waals surface area contributed by atoms with Crippen LogP contribution in [-0.2, 0) is 0 Å². The van der Waals surface area contributed by atoms with Crippen molar-refractivity contribution in [1.29, 1.82) is 0 Å². The highest BCUT2D eigenvalue weighted by molar-refractivity contribution is 6.13. The summed E-state index contributed by atoms with van der Waals surface area (Å²) in [5.74, 6) is -4.79. The minimum atomic E-state index is -4.40. The maximum Gasteiger partial charge on any atom is 0.393 e. The quantitative estimate of drug-likeness (QED) is 0.438. The molecule has 2 fully saturated rings. The molecule has 5 heterocycles. The second-order valence-electron chi connectivity index (χ2n) is 9.72. The Morgan fingerprint density at radius 3 is 2.76 bits per heavy atom. The summed E-state index contributed by atoms with van der Waals surface area (Å²) in [5.41, 5.74) is 13.6. The number of halogens is 5. The molecule has 0 radical (unpaired) electrons. The van der Waals surface area contributed by atoms with Crippen molar-refractivity contribution in [1.82, 2.24) is 9.88 Å². The van der Waals surface area contributed by atoms with Crippen molar-refractivity contribution in [3.8, 4) is 0 Å². The van der Waals surface area contributed by atoms with Gasteiger partial charge < -0.3 is 31.4 Å². The Hall–Kier alpha value is -3.39. The lowest BCUT2D eigenvalue weighted by molar-refractivity contribution is -0.177. The van der Waals surface area contributed by atoms with Crippen molar-refractivity contribution in [2.24, 2.45) is 11.7 Å². The van der Waals surface area contributed by atoms with Gasteiger partial charge >= 0.3 is 6.18 Å². The van der Waals surface area contributed by atoms with Crippen molar-refractivity contribution in [2.75, 3.05) is 60.5 Å². The monoisotopic (exact) mass is 527 g/mol. The highest BCUT2D eigenvalue weighted by Crippen LogP contribution is 2.39. The minimum absolute atomic E-state index is 0.0269. The van der Waals surface area contributed by atoms with E-state index < -0.39 is 30.0 Å². The first kappa shape index (κ1) is 25.3. The van der Waals surface area contributed by atoms with Gasteiger partial charge in [0.15, 0.2) is 5.76 Å². The number of carbonyl (C=O) groups is 1. The smallest absolute Gasteiger partial charge is 0.393 e. The maximum atomic E-state index is 13.4. The van der Waals surface area contributed by atoms with Gasteiger partial charge in [-0.25, -0.2) is 8.78 Å². The molecule has 2 aromatic heterocycles. The van der Waals surface area contributed by atoms with Crippen LogP contribution in [-0.4, -0.2) is 73.2 Å². The van der Waals surface area contributed by atoms with E-state index in [4.69, 9.17) is 15.9 Å². The van der Waals surface area contributed by atoms with Crippen LogP contribution in [0.25, 0.3) is 6.08 Å². The second kappa shape index (κ2) is 9.17. The van der Waals surface area contributed by atoms with Crippen molar-refractivity contribution in [3.63, 3.8) is 0 Å². The fourth-order valence-electron chi connectivity index (χ4n) is 5.03. The number of nitrogens with one attached hydrogen (secondary N) is 2. The van der Waals surface area contributed by atoms with E-state index in [9.17, 15) is 26.7 Å². The third-order valence-corrected chi connectivity index (χ3v) is 6.69. The molecule has 3 aliphatic heterocycles. The fourth-order valence-corrected chi connectivity index (χ4v) is 5.03. The highest BCUT2D eigenvalue weighted by atomic mass is 19.4. The highest BCUT2D eigenvalue weighted by Gasteiger charge is 2.45. The van der Waals surface area contributed by atoms with Crippen molar-refractivity contribution >= 4 is 34.9 Å². The molecule has 0 aromatic carbocycles. The van der Waals surface area contributed by atoms with Crippen molar-refractivity contribution < 1.29 is 31.2 Å². The zero-order valence-corrected chi connectivity index (χ0v) is 19.6. The van der Waals surface area contributed by atoms with Gasteiger partial charge in [-0.3, -0.25) is 14.7 Å². The maximum absolute atomic E-state index is 13.4. The molecule has 14 heteroatoms. The number of furan rings is 1. The molecule has 5 rings (SSSR count). The predicted molar refractivity (Wildman–Crippen MR) is 128 cm³/mol. The molecule has 6 N–H and O–H groups in total. The first-order chi connectivity index (χ1) is 17.4. The van der Waals surface area contributed by atoms with Crippen molar-refractivity contribution in [2.45, 2.75) is 24.6 Å². The zero-order valence-electron chi connectivity index (χ0n) is 19.6. The molecule has 0 unspecified atom stereocenters. The topological polar surface area (TPSA) is 126 Å². The van der Waals surface area contributed by atoms with E-state index >= 15 is 0 Å². The number of nitrogens with two attached hydrogens (primary N) is 2. The van der Waals surface area contributed by atoms with E-state index in [-0.39, 0.29) is 55.5 Å². The number of aromatic nitrogens is 1. The SMILES string of the molecule is Nc1oc2c(c1C(=O)Nc1cnccc1N1C[C@@H](N)C[C@@H](C(F)(F)F)C1)NCC(CN1CC(F)(F)C1)=C2. The number of pyridine rings is 1. The molecular formula is C23H26F5N7O2. The number of hydrogen-bond acceptors (Lipinski definition) is 8. The van der Waals surface area contributed by atoms with E-state index in [0.29, 0.717) is 24.5 Å². The van der Waals surface area contributed by atoms with Crippen LogP contribution >= 0.6 is 0 Å². The summed E-state index contributed by atoms with van der Waals surface area (Å²) >= 11 is 0. The van der Waals surface area contributed by atoms with Crippen LogP contribution in [0.5, 0.6) is 0 Å². The van der Waals surface area contributed by atoms with Crippen LogP contribution in [0, 0.1) is 5.92 Å². The van der Waals surface area contributed by atoms with Gasteiger partial charge in [-0.05, 0) is 24.1 Å². The number of likely N-dealkylation sites (tertiary alicyclic amines) is 1. The fraction of sp³-hybridized carbons (Fsp3) is 0.478. The molecule has 37 heavy (non-hydrogen) atoms. The number of amides is 1. The Kier molecular flexibility index (Phi) is 6.26. The number of carbonyl (C=O) groups excluding carboxylic acids is 1. The molecule has 2 saturated heterocycles. The van der Waals surface area contributed by atoms with Crippen molar-refractivity contribution in [3.05, 3.63) is 35.4 Å². The van der Waals surface area contributed by atoms with Gasteiger partial charge in [-0.15, -0.1) is 0 Å². The number of nitrogens with zero attached hydrogens (tertiary/aromatic N) is 3. The molecule has 2 atom stereocenters. The van der Waals surface area contributed by atoms with E-state index in [1.165, 1.54) is 23.4 Å². The summed E-state index contributed by atoms with van der Waals surface area (Å²) in [6.07, 6.45) is -0.147. The van der Waals surface area contributed by atoms with Crippen LogP contribution in [0.4, 0.5) is 44.9 Å². The van der Waals surface area contributed by atoms with Crippen LogP contribution in [0.15, 0.2) is 28.5 Å². The lowest BCUT2D eigenvalue weighted by Crippen LogP contribution is -2.56. The summed E-state index contributed by atoms with van der Waals surface area (Å²) < 4.78 is 72.1. The van der Waals surface area contributed by atoms with E-state index in [1.54, 1.807) is 11.0 Å². The minimum Gasteiger partial charge on any atom is -0.438 e. The number of alkyl halides is 5. The largest absolute Gasteiger partial charge is 0.438 e. The third kappa shape index (κ3) is 5.21. The van der Waals surface area contributed by atoms with Crippen LogP contribution in [0.2, 0.25) is 0 Å². The molecular weight excluding hydrogens is 501 g/mol. The molecule has 9 nitrogen and oxygen atoms in total. The van der Waals surface area contributed by atoms with E-state index in [2.05, 4.69) is 15.6 Å². The normalized spacial score (nSPS) is 23.5. The lowest BCUT2D eigenvalue weighted by Gasteiger charge is -2.39. The molecule has 0 bridgehead atoms. The Balaban J connectivity index is 1.34. The van der Waals surface area contributed by atoms with Gasteiger partial charge in [-0.1, -0.05) is 0 Å². The number of fused-ring (bicyclic) bond motifs is 1. The number of hydrogen-bond donors (Lipinski definition) is 4. The first-order valence-corrected chi connectivity index (χ1v) is 11.7. The summed E-state index contributed by atoms with van der Waals surface area (Å²) in [5, 5.41) is 5.75. The van der Waals surface area contributed by atoms with Gasteiger partial charge in [0.25, 0.3) is 11.8 Å². The molecule has 0 spiro atoms. The van der Waals surface area contributed by atoms with E-state index in [1.807, 2.05) is 0 Å². The second-order valence-corrected chi connectivity index (χ2v) is 9.72. The van der Waals surface area contributed by atoms with Crippen LogP contribution in [0.1, 0.15) is 22.5 Å². The Morgan fingerprint density at radius 1 is 1.30 bits per heavy atom. The molecule has 1 amide bonds. The lowest BCUT2D eigenvalue weighted by atomic mass is 9.93. The number of nitrogen functional groups attached to an aromatic ring is 1. The number of anilines is 4. The Labute approximate surface area is 208 Å². The number of rotatable bonds is 5. The van der Waals surface area contributed by atoms with Crippen LogP contribution < -0.4 is 27.0 Å². The summed E-state index contributed by atoms with van der Waals surface area (Å²) in [6.45, 7) is -0.127. The molecule has 2 aromatic rings. The van der Waals surface area contributed by atoms with Gasteiger partial charge in [0.1, 0.15) is 5.56 Å². The molecule has 200 valence electrons. The zero-order chi connectivity index (χ0) is 26.5. The predicted octanol–water partition coefficient (Wildman–Crippen LogP) is 2.98. The Morgan fingerprint density at radius 2 is 2.05 bits per heavy atom. The van der Waals surface area contributed by atoms with Gasteiger partial charge in [0.05, 0.1) is 42.3 Å². The summed E-state index contributed by atoms with van der Waals surface area (Å²) in [7, 11) is 0. The van der Waals surface area contributed by atoms with Gasteiger partial charge in [-0.2, -0.15) is 13.2 Å². The third-order valence-electron chi connectivity index (χ3n) is 6.69. The summed E-state index contributed by atoms with van der Waals surface area (Å²) in [4.78, 5) is 20.3. The van der Waals surface area contributed by atoms with Crippen LogP contribution in [0.3, 0.4) is 0 Å². The number of piperidine rings is 1. The van der Waals surface area contributed by atoms with E-state index in [0.717, 1.165) is 5.57 Å². The molecule has 0 aliphatic carbocycles. The average Bonchev–Trinajstić information content (AvgIpc) is 3.12. The Bertz CT molecular complexity index is 1220. The first-order valence-electron chi connectivity index (χ1n) is 11.7. The standard InChI is InChI=1S/C23H26F5N7O2/c24-22(25)10-34(11-22)7-12-3-17-19(32-5-12)18(20(30)37-17)21(36)33-15-6-31-2-1-16(15)35-8-13(23(26,27)28)4-14(29)9-35/h1-3,6,13-14,32H,4-5,7-11,29-30H2,(H,33,36)/t13-,14+/m1/s1. The molecule has 3 aliphatic rings. The summed E-state index contributed by atoms with van der Waals surface area (Å²) in [6, 6.07) is 0.822. The van der Waals surface area contributed by atoms with Gasteiger partial charge in [0, 0.05) is 38.4 Å².